The van der Waals surface area contributed by atoms with Crippen molar-refractivity contribution in [2.24, 2.45) is 0 Å². The van der Waals surface area contributed by atoms with Gasteiger partial charge in [-0.25, -0.2) is 0 Å². The lowest BCUT2D eigenvalue weighted by Gasteiger charge is -2.28. The minimum absolute atomic E-state index is 0.0402. The van der Waals surface area contributed by atoms with Crippen LogP contribution in [0.1, 0.15) is 29.0 Å². The maximum atomic E-state index is 9.58. The first-order valence-electron chi connectivity index (χ1n) is 9.02. The maximum absolute atomic E-state index is 9.58. The zero-order valence-corrected chi connectivity index (χ0v) is 15.9. The van der Waals surface area contributed by atoms with Crippen LogP contribution in [0.4, 0.5) is 0 Å². The molecule has 4 rings (SSSR count). The van der Waals surface area contributed by atoms with Crippen molar-refractivity contribution in [1.82, 2.24) is 19.8 Å². The molecule has 0 bridgehead atoms. The predicted octanol–water partition coefficient (Wildman–Crippen LogP) is 3.15. The van der Waals surface area contributed by atoms with Crippen LogP contribution in [0.25, 0.3) is 5.69 Å². The number of hydrogen-bond acceptors (Lipinski definition) is 3. The van der Waals surface area contributed by atoms with Crippen molar-refractivity contribution in [2.75, 3.05) is 13.2 Å². The molecular weight excluding hydrogens is 356 g/mol. The van der Waals surface area contributed by atoms with Gasteiger partial charge in [0.05, 0.1) is 24.4 Å². The molecule has 3 aromatic rings. The zero-order chi connectivity index (χ0) is 18.8. The van der Waals surface area contributed by atoms with Gasteiger partial charge in [-0.3, -0.25) is 4.98 Å². The highest BCUT2D eigenvalue weighted by molar-refractivity contribution is 7.80. The Labute approximate surface area is 164 Å². The first-order valence-corrected chi connectivity index (χ1v) is 9.43. The number of aromatic nitrogens is 2. The van der Waals surface area contributed by atoms with Gasteiger partial charge in [-0.1, -0.05) is 23.8 Å². The molecule has 0 unspecified atom stereocenters. The van der Waals surface area contributed by atoms with E-state index in [0.717, 1.165) is 17.1 Å². The van der Waals surface area contributed by atoms with E-state index in [-0.39, 0.29) is 18.7 Å². The second-order valence-corrected chi connectivity index (χ2v) is 7.07. The number of aryl methyl sites for hydroxylation is 1. The van der Waals surface area contributed by atoms with Gasteiger partial charge in [-0.05, 0) is 55.5 Å². The fourth-order valence-corrected chi connectivity index (χ4v) is 3.98. The zero-order valence-electron chi connectivity index (χ0n) is 15.1. The maximum Gasteiger partial charge on any atom is 0.170 e. The van der Waals surface area contributed by atoms with Crippen molar-refractivity contribution in [2.45, 2.75) is 19.0 Å². The number of benzene rings is 1. The Morgan fingerprint density at radius 1 is 1.11 bits per heavy atom. The molecule has 27 heavy (non-hydrogen) atoms. The van der Waals surface area contributed by atoms with E-state index in [1.165, 1.54) is 5.56 Å². The third kappa shape index (κ3) is 3.34. The normalized spacial score (nSPS) is 19.3. The summed E-state index contributed by atoms with van der Waals surface area (Å²) in [5, 5.41) is 13.6. The van der Waals surface area contributed by atoms with Gasteiger partial charge in [-0.2, -0.15) is 0 Å². The Balaban J connectivity index is 1.80. The van der Waals surface area contributed by atoms with Gasteiger partial charge in [-0.15, -0.1) is 0 Å². The highest BCUT2D eigenvalue weighted by Gasteiger charge is 2.40. The van der Waals surface area contributed by atoms with Gasteiger partial charge >= 0.3 is 0 Å². The Morgan fingerprint density at radius 3 is 2.63 bits per heavy atom. The van der Waals surface area contributed by atoms with Crippen LogP contribution < -0.4 is 5.32 Å². The van der Waals surface area contributed by atoms with Crippen LogP contribution in [-0.2, 0) is 0 Å². The number of pyridine rings is 1. The first-order chi connectivity index (χ1) is 13.2. The SMILES string of the molecule is Cc1ccc(-n2cccc2[C@@H]2[C@@H](c3ccccn3)NC(=S)N2CCO)cc1. The molecule has 3 heterocycles. The van der Waals surface area contributed by atoms with E-state index in [4.69, 9.17) is 12.2 Å². The number of nitrogens with one attached hydrogen (secondary N) is 1. The van der Waals surface area contributed by atoms with Crippen LogP contribution in [0.15, 0.2) is 67.0 Å². The highest BCUT2D eigenvalue weighted by atomic mass is 32.1. The molecule has 0 radical (unpaired) electrons. The van der Waals surface area contributed by atoms with E-state index in [9.17, 15) is 5.11 Å². The summed E-state index contributed by atoms with van der Waals surface area (Å²) in [7, 11) is 0. The molecule has 138 valence electrons. The molecule has 0 spiro atoms. The fourth-order valence-electron chi connectivity index (χ4n) is 3.65. The minimum Gasteiger partial charge on any atom is -0.395 e. The highest BCUT2D eigenvalue weighted by Crippen LogP contribution is 2.39. The topological polar surface area (TPSA) is 53.3 Å². The number of nitrogens with zero attached hydrogens (tertiary/aromatic N) is 3. The summed E-state index contributed by atoms with van der Waals surface area (Å²) in [6, 6.07) is 18.4. The Bertz CT molecular complexity index is 923. The van der Waals surface area contributed by atoms with Gasteiger partial charge in [0.25, 0.3) is 0 Å². The van der Waals surface area contributed by atoms with E-state index < -0.39 is 0 Å². The number of aliphatic hydroxyl groups excluding tert-OH is 1. The molecule has 1 aliphatic heterocycles. The van der Waals surface area contributed by atoms with Gasteiger partial charge < -0.3 is 19.9 Å². The van der Waals surface area contributed by atoms with Crippen LogP contribution in [0.3, 0.4) is 0 Å². The molecule has 2 atom stereocenters. The largest absolute Gasteiger partial charge is 0.395 e. The summed E-state index contributed by atoms with van der Waals surface area (Å²) in [6.45, 7) is 2.59. The summed E-state index contributed by atoms with van der Waals surface area (Å²) in [4.78, 5) is 6.59. The van der Waals surface area contributed by atoms with Gasteiger partial charge in [0.15, 0.2) is 5.11 Å². The van der Waals surface area contributed by atoms with Crippen LogP contribution in [-0.4, -0.2) is 37.8 Å². The van der Waals surface area contributed by atoms with Crippen LogP contribution in [0.2, 0.25) is 0 Å². The lowest BCUT2D eigenvalue weighted by atomic mass is 10.0. The smallest absolute Gasteiger partial charge is 0.170 e. The predicted molar refractivity (Wildman–Crippen MR) is 110 cm³/mol. The Kier molecular flexibility index (Phi) is 4.92. The molecule has 0 saturated carbocycles. The van der Waals surface area contributed by atoms with Crippen molar-refractivity contribution in [3.05, 3.63) is 83.9 Å². The number of hydrogen-bond donors (Lipinski definition) is 2. The molecule has 2 N–H and O–H groups in total. The van der Waals surface area contributed by atoms with E-state index in [2.05, 4.69) is 63.2 Å². The van der Waals surface area contributed by atoms with E-state index in [1.54, 1.807) is 6.20 Å². The molecular formula is C21H22N4OS. The quantitative estimate of drug-likeness (QED) is 0.668. The van der Waals surface area contributed by atoms with Gasteiger partial charge in [0, 0.05) is 30.3 Å². The van der Waals surface area contributed by atoms with E-state index >= 15 is 0 Å². The van der Waals surface area contributed by atoms with Gasteiger partial charge in [0.2, 0.25) is 0 Å². The molecule has 1 saturated heterocycles. The first kappa shape index (κ1) is 17.7. The Hall–Kier alpha value is -2.70. The summed E-state index contributed by atoms with van der Waals surface area (Å²) in [6.07, 6.45) is 3.86. The third-order valence-corrected chi connectivity index (χ3v) is 5.29. The lowest BCUT2D eigenvalue weighted by molar-refractivity contribution is 0.220. The van der Waals surface area contributed by atoms with E-state index in [1.807, 2.05) is 24.3 Å². The minimum atomic E-state index is -0.0793. The summed E-state index contributed by atoms with van der Waals surface area (Å²) >= 11 is 5.58. The van der Waals surface area contributed by atoms with Crippen molar-refractivity contribution in [1.29, 1.82) is 0 Å². The van der Waals surface area contributed by atoms with E-state index in [0.29, 0.717) is 11.7 Å². The van der Waals surface area contributed by atoms with Crippen LogP contribution in [0.5, 0.6) is 0 Å². The lowest BCUT2D eigenvalue weighted by Crippen LogP contribution is -2.32. The molecule has 2 aromatic heterocycles. The Morgan fingerprint density at radius 2 is 1.93 bits per heavy atom. The van der Waals surface area contributed by atoms with Crippen LogP contribution in [0, 0.1) is 6.92 Å². The summed E-state index contributed by atoms with van der Waals surface area (Å²) in [5.41, 5.74) is 4.36. The van der Waals surface area contributed by atoms with Gasteiger partial charge in [0.1, 0.15) is 0 Å². The van der Waals surface area contributed by atoms with Crippen LogP contribution >= 0.6 is 12.2 Å². The summed E-state index contributed by atoms with van der Waals surface area (Å²) < 4.78 is 2.18. The van der Waals surface area contributed by atoms with Crippen molar-refractivity contribution >= 4 is 17.3 Å². The summed E-state index contributed by atoms with van der Waals surface area (Å²) in [5.74, 6) is 0. The average molecular weight is 379 g/mol. The number of aliphatic hydroxyl groups is 1. The van der Waals surface area contributed by atoms with Crippen molar-refractivity contribution in [3.63, 3.8) is 0 Å². The average Bonchev–Trinajstić information content (AvgIpc) is 3.28. The van der Waals surface area contributed by atoms with Crippen molar-refractivity contribution in [3.8, 4) is 5.69 Å². The second-order valence-electron chi connectivity index (χ2n) is 6.68. The fraction of sp³-hybridized carbons (Fsp3) is 0.238. The number of β-amino-alcohol motifs (C(OH)–C–C–N with tert-alkyl or cyclic N) is 1. The molecule has 1 fully saturated rings. The molecule has 1 aliphatic rings. The molecule has 5 nitrogen and oxygen atoms in total. The molecule has 0 amide bonds. The van der Waals surface area contributed by atoms with Crippen molar-refractivity contribution < 1.29 is 5.11 Å². The monoisotopic (exact) mass is 378 g/mol. The number of thiocarbonyl (C=S) groups is 1. The third-order valence-electron chi connectivity index (χ3n) is 4.93. The number of rotatable bonds is 5. The second kappa shape index (κ2) is 7.50. The standard InChI is InChI=1S/C21H22N4OS/c1-15-7-9-16(10-8-15)24-12-4-6-18(24)20-19(17-5-2-3-11-22-17)23-21(27)25(20)13-14-26/h2-12,19-20,26H,13-14H2,1H3,(H,23,27)/t19-,20-/m1/s1. The molecule has 1 aromatic carbocycles. The molecule has 0 aliphatic carbocycles. The molecule has 6 heteroatoms.